The van der Waals surface area contributed by atoms with Crippen molar-refractivity contribution in [1.29, 1.82) is 5.26 Å². The van der Waals surface area contributed by atoms with Gasteiger partial charge in [0.05, 0.1) is 22.7 Å². The molecule has 30 heavy (non-hydrogen) atoms. The molecule has 0 bridgehead atoms. The van der Waals surface area contributed by atoms with Crippen LogP contribution in [-0.2, 0) is 0 Å². The molecule has 0 unspecified atom stereocenters. The first kappa shape index (κ1) is 14.8. The third-order valence-electron chi connectivity index (χ3n) is 6.67. The average Bonchev–Trinajstić information content (AvgIpc) is 3.12. The Morgan fingerprint density at radius 2 is 1.47 bits per heavy atom. The van der Waals surface area contributed by atoms with Crippen molar-refractivity contribution < 1.29 is 9.47 Å². The predicted molar refractivity (Wildman–Crippen MR) is 117 cm³/mol. The van der Waals surface area contributed by atoms with E-state index in [4.69, 9.17) is 9.47 Å². The van der Waals surface area contributed by atoms with E-state index in [2.05, 4.69) is 34.9 Å². The van der Waals surface area contributed by atoms with Crippen LogP contribution in [0, 0.1) is 11.3 Å². The van der Waals surface area contributed by atoms with Gasteiger partial charge in [-0.1, -0.05) is 12.1 Å². The van der Waals surface area contributed by atoms with Gasteiger partial charge >= 0.3 is 0 Å². The van der Waals surface area contributed by atoms with Gasteiger partial charge in [-0.15, -0.1) is 0 Å². The summed E-state index contributed by atoms with van der Waals surface area (Å²) in [6.07, 6.45) is 0. The maximum atomic E-state index is 9.45. The molecule has 0 N–H and O–H groups in total. The standard InChI is InChI=1S/C25H11BN2O2/c27-12-13-7-9-16-15(11-13)14-8-10-21-24-25(14)28(16)17-3-1-4-18-22(17)26(24)23-19(29-18)5-2-6-20(23)30-21/h1-11H. The number of benzene rings is 4. The first-order valence-electron chi connectivity index (χ1n) is 9.96. The van der Waals surface area contributed by atoms with E-state index in [0.717, 1.165) is 56.0 Å². The molecule has 136 valence electrons. The van der Waals surface area contributed by atoms with Gasteiger partial charge in [-0.2, -0.15) is 5.26 Å². The van der Waals surface area contributed by atoms with Gasteiger partial charge < -0.3 is 14.0 Å². The molecule has 0 aliphatic carbocycles. The highest BCUT2D eigenvalue weighted by Crippen LogP contribution is 2.42. The van der Waals surface area contributed by atoms with Gasteiger partial charge in [-0.05, 0) is 65.5 Å². The van der Waals surface area contributed by atoms with Crippen LogP contribution >= 0.6 is 0 Å². The molecule has 3 aliphatic rings. The van der Waals surface area contributed by atoms with Crippen molar-refractivity contribution in [2.24, 2.45) is 0 Å². The van der Waals surface area contributed by atoms with Gasteiger partial charge in [0.15, 0.2) is 0 Å². The molecule has 0 atom stereocenters. The Labute approximate surface area is 171 Å². The lowest BCUT2D eigenvalue weighted by Gasteiger charge is -2.37. The Bertz CT molecular complexity index is 1660. The molecule has 0 fully saturated rings. The fourth-order valence-electron chi connectivity index (χ4n) is 5.57. The molecule has 3 aliphatic heterocycles. The molecule has 0 spiro atoms. The summed E-state index contributed by atoms with van der Waals surface area (Å²) in [6, 6.07) is 24.7. The minimum atomic E-state index is 0.0795. The number of aromatic nitrogens is 1. The number of nitriles is 1. The third kappa shape index (κ3) is 1.47. The van der Waals surface area contributed by atoms with Crippen LogP contribution in [0.3, 0.4) is 0 Å². The van der Waals surface area contributed by atoms with Crippen LogP contribution in [0.25, 0.3) is 27.5 Å². The van der Waals surface area contributed by atoms with Crippen molar-refractivity contribution in [2.75, 3.05) is 0 Å². The molecule has 4 aromatic carbocycles. The Balaban J connectivity index is 1.66. The zero-order valence-electron chi connectivity index (χ0n) is 15.6. The summed E-state index contributed by atoms with van der Waals surface area (Å²) in [5, 5.41) is 11.7. The summed E-state index contributed by atoms with van der Waals surface area (Å²) in [7, 11) is 0. The molecule has 4 nitrogen and oxygen atoms in total. The Morgan fingerprint density at radius 3 is 2.27 bits per heavy atom. The van der Waals surface area contributed by atoms with Crippen molar-refractivity contribution in [1.82, 2.24) is 4.57 Å². The van der Waals surface area contributed by atoms with Crippen LogP contribution in [0.4, 0.5) is 0 Å². The van der Waals surface area contributed by atoms with Gasteiger partial charge in [0.1, 0.15) is 23.0 Å². The van der Waals surface area contributed by atoms with E-state index in [9.17, 15) is 5.26 Å². The first-order valence-corrected chi connectivity index (χ1v) is 9.96. The molecule has 1 aromatic heterocycles. The molecule has 8 rings (SSSR count). The van der Waals surface area contributed by atoms with Crippen molar-refractivity contribution >= 4 is 44.9 Å². The number of hydrogen-bond acceptors (Lipinski definition) is 3. The zero-order valence-corrected chi connectivity index (χ0v) is 15.6. The second-order valence-corrected chi connectivity index (χ2v) is 8.05. The van der Waals surface area contributed by atoms with Crippen LogP contribution < -0.4 is 25.9 Å². The minimum absolute atomic E-state index is 0.0795. The lowest BCUT2D eigenvalue weighted by Crippen LogP contribution is -2.60. The average molecular weight is 382 g/mol. The molecule has 0 saturated carbocycles. The summed E-state index contributed by atoms with van der Waals surface area (Å²) >= 11 is 0. The molecule has 5 aromatic rings. The van der Waals surface area contributed by atoms with Crippen LogP contribution in [-0.4, -0.2) is 11.3 Å². The Morgan fingerprint density at radius 1 is 0.733 bits per heavy atom. The summed E-state index contributed by atoms with van der Waals surface area (Å²) in [5.41, 5.74) is 7.53. The monoisotopic (exact) mass is 382 g/mol. The second kappa shape index (κ2) is 4.69. The highest BCUT2D eigenvalue weighted by Gasteiger charge is 2.45. The summed E-state index contributed by atoms with van der Waals surface area (Å²) in [6.45, 7) is 0.0795. The second-order valence-electron chi connectivity index (χ2n) is 8.05. The lowest BCUT2D eigenvalue weighted by atomic mass is 9.33. The van der Waals surface area contributed by atoms with Crippen molar-refractivity contribution in [2.45, 2.75) is 0 Å². The van der Waals surface area contributed by atoms with Crippen LogP contribution in [0.15, 0.2) is 66.7 Å². The van der Waals surface area contributed by atoms with Crippen LogP contribution in [0.1, 0.15) is 5.56 Å². The number of ether oxygens (including phenoxy) is 2. The molecule has 4 heterocycles. The fourth-order valence-corrected chi connectivity index (χ4v) is 5.57. The summed E-state index contributed by atoms with van der Waals surface area (Å²) in [5.74, 6) is 3.51. The highest BCUT2D eigenvalue weighted by molar-refractivity contribution is 7.00. The van der Waals surface area contributed by atoms with Gasteiger partial charge in [0, 0.05) is 21.9 Å². The van der Waals surface area contributed by atoms with E-state index in [-0.39, 0.29) is 6.71 Å². The number of fused-ring (bicyclic) bond motifs is 4. The zero-order chi connectivity index (χ0) is 19.6. The van der Waals surface area contributed by atoms with Gasteiger partial charge in [-0.3, -0.25) is 0 Å². The molecule has 0 saturated heterocycles. The van der Waals surface area contributed by atoms with E-state index < -0.39 is 0 Å². The van der Waals surface area contributed by atoms with Crippen molar-refractivity contribution in [3.8, 4) is 34.8 Å². The topological polar surface area (TPSA) is 47.2 Å². The number of rotatable bonds is 0. The van der Waals surface area contributed by atoms with Crippen molar-refractivity contribution in [3.63, 3.8) is 0 Å². The van der Waals surface area contributed by atoms with Crippen LogP contribution in [0.5, 0.6) is 23.0 Å². The SMILES string of the molecule is N#Cc1ccc2c(c1)c1ccc3c4c1n2-c1cccc2c1B4c1c(cccc1O3)O2. The molecular weight excluding hydrogens is 371 g/mol. The summed E-state index contributed by atoms with van der Waals surface area (Å²) in [4.78, 5) is 0. The molecular formula is C25H11BN2O2. The molecule has 0 radical (unpaired) electrons. The highest BCUT2D eigenvalue weighted by atomic mass is 16.5. The first-order chi connectivity index (χ1) is 14.8. The Kier molecular flexibility index (Phi) is 2.31. The van der Waals surface area contributed by atoms with E-state index in [1.54, 1.807) is 0 Å². The summed E-state index contributed by atoms with van der Waals surface area (Å²) < 4.78 is 15.0. The number of hydrogen-bond donors (Lipinski definition) is 0. The number of nitrogens with zero attached hydrogens (tertiary/aromatic N) is 2. The van der Waals surface area contributed by atoms with Crippen molar-refractivity contribution in [3.05, 3.63) is 72.3 Å². The van der Waals surface area contributed by atoms with E-state index >= 15 is 0 Å². The lowest BCUT2D eigenvalue weighted by molar-refractivity contribution is 0.464. The van der Waals surface area contributed by atoms with Gasteiger partial charge in [-0.25, -0.2) is 0 Å². The van der Waals surface area contributed by atoms with E-state index in [1.807, 2.05) is 42.5 Å². The fraction of sp³-hybridized carbons (Fsp3) is 0. The van der Waals surface area contributed by atoms with Gasteiger partial charge in [0.25, 0.3) is 6.71 Å². The largest absolute Gasteiger partial charge is 0.458 e. The smallest absolute Gasteiger partial charge is 0.266 e. The predicted octanol–water partition coefficient (Wildman–Crippen LogP) is 3.70. The van der Waals surface area contributed by atoms with Gasteiger partial charge in [0.2, 0.25) is 0 Å². The Hall–Kier alpha value is -4.17. The van der Waals surface area contributed by atoms with E-state index in [1.165, 1.54) is 10.9 Å². The maximum absolute atomic E-state index is 9.45. The van der Waals surface area contributed by atoms with Crippen LogP contribution in [0.2, 0.25) is 0 Å². The molecule has 5 heteroatoms. The minimum Gasteiger partial charge on any atom is -0.458 e. The maximum Gasteiger partial charge on any atom is 0.266 e. The van der Waals surface area contributed by atoms with E-state index in [0.29, 0.717) is 5.56 Å². The third-order valence-corrected chi connectivity index (χ3v) is 6.67. The normalized spacial score (nSPS) is 13.8. The quantitative estimate of drug-likeness (QED) is 0.376. The molecule has 0 amide bonds.